The molecule has 0 aliphatic carbocycles. The fraction of sp³-hybridized carbons (Fsp3) is 0.304. The van der Waals surface area contributed by atoms with E-state index >= 15 is 0 Å². The van der Waals surface area contributed by atoms with Crippen LogP contribution in [0.1, 0.15) is 35.5 Å². The fourth-order valence-corrected chi connectivity index (χ4v) is 3.89. The van der Waals surface area contributed by atoms with E-state index in [9.17, 15) is 14.0 Å². The number of amides is 2. The summed E-state index contributed by atoms with van der Waals surface area (Å²) in [6, 6.07) is 12.8. The molecule has 4 rings (SSSR count). The molecule has 1 atom stereocenters. The second-order valence-corrected chi connectivity index (χ2v) is 7.84. The summed E-state index contributed by atoms with van der Waals surface area (Å²) in [4.78, 5) is 31.1. The minimum Gasteiger partial charge on any atom is -0.358 e. The Kier molecular flexibility index (Phi) is 5.09. The number of aromatic nitrogens is 1. The summed E-state index contributed by atoms with van der Waals surface area (Å²) in [5, 5.41) is 3.98. The van der Waals surface area contributed by atoms with Crippen LogP contribution in [-0.2, 0) is 17.8 Å². The number of hydrogen-bond acceptors (Lipinski definition) is 2. The van der Waals surface area contributed by atoms with Crippen LogP contribution in [0.5, 0.6) is 0 Å². The average molecular weight is 393 g/mol. The normalized spacial score (nSPS) is 14.7. The van der Waals surface area contributed by atoms with Crippen LogP contribution in [0.15, 0.2) is 48.5 Å². The molecule has 0 spiro atoms. The first-order valence-electron chi connectivity index (χ1n) is 9.87. The maximum absolute atomic E-state index is 13.3. The van der Waals surface area contributed by atoms with Crippen molar-refractivity contribution >= 4 is 22.7 Å². The number of nitrogens with one attached hydrogen (secondary N) is 2. The van der Waals surface area contributed by atoms with E-state index in [1.165, 1.54) is 30.0 Å². The van der Waals surface area contributed by atoms with Gasteiger partial charge in [0.1, 0.15) is 11.9 Å². The van der Waals surface area contributed by atoms with Crippen molar-refractivity contribution in [1.82, 2.24) is 15.2 Å². The van der Waals surface area contributed by atoms with Gasteiger partial charge in [0.05, 0.1) is 0 Å². The number of carbonyl (C=O) groups is 2. The van der Waals surface area contributed by atoms with Crippen molar-refractivity contribution in [2.24, 2.45) is 5.92 Å². The van der Waals surface area contributed by atoms with Crippen molar-refractivity contribution in [2.75, 3.05) is 6.54 Å². The minimum atomic E-state index is -0.640. The Bertz CT molecular complexity index is 1060. The predicted octanol–water partition coefficient (Wildman–Crippen LogP) is 3.65. The highest BCUT2D eigenvalue weighted by Gasteiger charge is 2.32. The van der Waals surface area contributed by atoms with Gasteiger partial charge in [-0.25, -0.2) is 4.39 Å². The molecule has 2 amide bonds. The van der Waals surface area contributed by atoms with Crippen LogP contribution >= 0.6 is 0 Å². The van der Waals surface area contributed by atoms with E-state index in [0.29, 0.717) is 18.7 Å². The SMILES string of the molecule is CC(C)[C@@H](NC(=O)c1ccc(F)cc1)C(=O)N1CCc2[nH]c3ccccc3c2C1. The molecule has 1 aliphatic rings. The number of hydrogen-bond donors (Lipinski definition) is 2. The first-order valence-corrected chi connectivity index (χ1v) is 9.87. The molecular weight excluding hydrogens is 369 g/mol. The summed E-state index contributed by atoms with van der Waals surface area (Å²) in [5.74, 6) is -0.939. The molecule has 2 N–H and O–H groups in total. The summed E-state index contributed by atoms with van der Waals surface area (Å²) >= 11 is 0. The van der Waals surface area contributed by atoms with E-state index in [1.54, 1.807) is 0 Å². The van der Waals surface area contributed by atoms with Crippen LogP contribution in [0.3, 0.4) is 0 Å². The number of para-hydroxylation sites is 1. The Morgan fingerprint density at radius 3 is 2.55 bits per heavy atom. The molecule has 2 aromatic carbocycles. The van der Waals surface area contributed by atoms with Crippen molar-refractivity contribution in [3.8, 4) is 0 Å². The van der Waals surface area contributed by atoms with Crippen molar-refractivity contribution in [3.05, 3.63) is 71.2 Å². The third-order valence-electron chi connectivity index (χ3n) is 5.52. The van der Waals surface area contributed by atoms with Crippen LogP contribution < -0.4 is 5.32 Å². The topological polar surface area (TPSA) is 65.2 Å². The lowest BCUT2D eigenvalue weighted by Crippen LogP contribution is -2.52. The summed E-state index contributed by atoms with van der Waals surface area (Å²) < 4.78 is 13.1. The number of carbonyl (C=O) groups excluding carboxylic acids is 2. The zero-order valence-electron chi connectivity index (χ0n) is 16.5. The number of benzene rings is 2. The van der Waals surface area contributed by atoms with Crippen LogP contribution in [0.4, 0.5) is 4.39 Å². The van der Waals surface area contributed by atoms with E-state index in [4.69, 9.17) is 0 Å². The van der Waals surface area contributed by atoms with Gasteiger partial charge in [-0.05, 0) is 36.2 Å². The van der Waals surface area contributed by atoms with Gasteiger partial charge in [-0.15, -0.1) is 0 Å². The van der Waals surface area contributed by atoms with Crippen LogP contribution in [0.25, 0.3) is 10.9 Å². The highest BCUT2D eigenvalue weighted by molar-refractivity contribution is 5.97. The molecule has 3 aromatic rings. The van der Waals surface area contributed by atoms with Gasteiger partial charge < -0.3 is 15.2 Å². The van der Waals surface area contributed by atoms with Gasteiger partial charge in [-0.2, -0.15) is 0 Å². The van der Waals surface area contributed by atoms with Gasteiger partial charge in [-0.3, -0.25) is 9.59 Å². The van der Waals surface area contributed by atoms with Crippen molar-refractivity contribution < 1.29 is 14.0 Å². The summed E-state index contributed by atoms with van der Waals surface area (Å²) in [6.45, 7) is 4.95. The molecule has 0 radical (unpaired) electrons. The van der Waals surface area contributed by atoms with E-state index in [1.807, 2.05) is 36.9 Å². The van der Waals surface area contributed by atoms with E-state index in [0.717, 1.165) is 22.9 Å². The van der Waals surface area contributed by atoms with Gasteiger partial charge in [0.15, 0.2) is 0 Å². The number of aromatic amines is 1. The molecule has 29 heavy (non-hydrogen) atoms. The molecule has 150 valence electrons. The predicted molar refractivity (Wildman–Crippen MR) is 110 cm³/mol. The second kappa shape index (κ2) is 7.70. The fourth-order valence-electron chi connectivity index (χ4n) is 3.89. The average Bonchev–Trinajstić information content (AvgIpc) is 3.09. The number of fused-ring (bicyclic) bond motifs is 3. The van der Waals surface area contributed by atoms with Gasteiger partial charge >= 0.3 is 0 Å². The van der Waals surface area contributed by atoms with E-state index in [-0.39, 0.29) is 17.7 Å². The molecule has 0 fully saturated rings. The molecule has 5 nitrogen and oxygen atoms in total. The third kappa shape index (κ3) is 3.75. The standard InChI is InChI=1S/C23H24FN3O2/c1-14(2)21(26-22(28)15-7-9-16(24)10-8-15)23(29)27-12-11-20-18(13-27)17-5-3-4-6-19(17)25-20/h3-10,14,21,25H,11-13H2,1-2H3,(H,26,28)/t21-/m1/s1. The molecule has 0 saturated heterocycles. The molecule has 0 bridgehead atoms. The number of halogens is 1. The molecule has 6 heteroatoms. The smallest absolute Gasteiger partial charge is 0.251 e. The zero-order valence-corrected chi connectivity index (χ0v) is 16.5. The zero-order chi connectivity index (χ0) is 20.5. The first-order chi connectivity index (χ1) is 13.9. The maximum atomic E-state index is 13.3. The summed E-state index contributed by atoms with van der Waals surface area (Å²) in [5.41, 5.74) is 3.73. The van der Waals surface area contributed by atoms with E-state index in [2.05, 4.69) is 16.4 Å². The highest BCUT2D eigenvalue weighted by Crippen LogP contribution is 2.28. The Morgan fingerprint density at radius 1 is 1.10 bits per heavy atom. The van der Waals surface area contributed by atoms with Crippen molar-refractivity contribution in [3.63, 3.8) is 0 Å². The van der Waals surface area contributed by atoms with Gasteiger partial charge in [0, 0.05) is 47.2 Å². The van der Waals surface area contributed by atoms with Crippen molar-refractivity contribution in [1.29, 1.82) is 0 Å². The molecule has 2 heterocycles. The van der Waals surface area contributed by atoms with Gasteiger partial charge in [0.25, 0.3) is 5.91 Å². The van der Waals surface area contributed by atoms with Gasteiger partial charge in [0.2, 0.25) is 5.91 Å². The molecule has 0 unspecified atom stereocenters. The van der Waals surface area contributed by atoms with Crippen molar-refractivity contribution in [2.45, 2.75) is 32.9 Å². The van der Waals surface area contributed by atoms with Crippen LogP contribution in [-0.4, -0.2) is 34.3 Å². The molecule has 1 aromatic heterocycles. The Hall–Kier alpha value is -3.15. The second-order valence-electron chi connectivity index (χ2n) is 7.84. The highest BCUT2D eigenvalue weighted by atomic mass is 19.1. The van der Waals surface area contributed by atoms with Gasteiger partial charge in [-0.1, -0.05) is 32.0 Å². The molecular formula is C23H24FN3O2. The summed E-state index contributed by atoms with van der Waals surface area (Å²) in [7, 11) is 0. The maximum Gasteiger partial charge on any atom is 0.251 e. The largest absolute Gasteiger partial charge is 0.358 e. The Morgan fingerprint density at radius 2 is 1.83 bits per heavy atom. The number of H-pyrrole nitrogens is 1. The Balaban J connectivity index is 1.53. The Labute approximate surface area is 168 Å². The molecule has 1 aliphatic heterocycles. The number of nitrogens with zero attached hydrogens (tertiary/aromatic N) is 1. The quantitative estimate of drug-likeness (QED) is 0.711. The lowest BCUT2D eigenvalue weighted by atomic mass is 9.99. The number of rotatable bonds is 4. The lowest BCUT2D eigenvalue weighted by molar-refractivity contribution is -0.135. The monoisotopic (exact) mass is 393 g/mol. The lowest BCUT2D eigenvalue weighted by Gasteiger charge is -2.32. The first kappa shape index (κ1) is 19.2. The van der Waals surface area contributed by atoms with E-state index < -0.39 is 11.9 Å². The van der Waals surface area contributed by atoms with Crippen LogP contribution in [0.2, 0.25) is 0 Å². The third-order valence-corrected chi connectivity index (χ3v) is 5.52. The summed E-state index contributed by atoms with van der Waals surface area (Å²) in [6.07, 6.45) is 0.756. The van der Waals surface area contributed by atoms with Crippen LogP contribution in [0, 0.1) is 11.7 Å². The molecule has 0 saturated carbocycles. The minimum absolute atomic E-state index is 0.0729.